The summed E-state index contributed by atoms with van der Waals surface area (Å²) in [6.45, 7) is 3.08. The van der Waals surface area contributed by atoms with E-state index < -0.39 is 0 Å². The summed E-state index contributed by atoms with van der Waals surface area (Å²) < 4.78 is 0. The maximum absolute atomic E-state index is 4.22. The fourth-order valence-electron chi connectivity index (χ4n) is 1.64. The highest BCUT2D eigenvalue weighted by atomic mass is 14.9. The molecule has 1 fully saturated rings. The molecule has 2 rings (SSSR count). The first-order chi connectivity index (χ1) is 6.84. The average Bonchev–Trinajstić information content (AvgIpc) is 3.00. The predicted molar refractivity (Wildman–Crippen MR) is 55.7 cm³/mol. The average molecular weight is 191 g/mol. The Kier molecular flexibility index (Phi) is 3.09. The molecule has 0 saturated heterocycles. The molecule has 1 aromatic rings. The maximum atomic E-state index is 4.22. The molecule has 0 radical (unpaired) electrons. The Morgan fingerprint density at radius 3 is 3.00 bits per heavy atom. The van der Waals surface area contributed by atoms with Crippen LogP contribution in [-0.2, 0) is 6.54 Å². The molecule has 0 amide bonds. The molecule has 3 nitrogen and oxygen atoms in total. The Morgan fingerprint density at radius 2 is 2.36 bits per heavy atom. The number of nitrogens with zero attached hydrogens (tertiary/aromatic N) is 2. The SMILES string of the molecule is CC(CC1CC1)NCc1cnccn1. The quantitative estimate of drug-likeness (QED) is 0.770. The van der Waals surface area contributed by atoms with Gasteiger partial charge in [0, 0.05) is 31.2 Å². The van der Waals surface area contributed by atoms with E-state index in [9.17, 15) is 0 Å². The molecule has 0 bridgehead atoms. The second kappa shape index (κ2) is 4.51. The second-order valence-corrected chi connectivity index (χ2v) is 4.16. The normalized spacial score (nSPS) is 18.1. The van der Waals surface area contributed by atoms with Crippen LogP contribution in [0.2, 0.25) is 0 Å². The first-order valence-corrected chi connectivity index (χ1v) is 5.33. The van der Waals surface area contributed by atoms with Crippen LogP contribution < -0.4 is 5.32 Å². The highest BCUT2D eigenvalue weighted by molar-refractivity contribution is 4.94. The second-order valence-electron chi connectivity index (χ2n) is 4.16. The van der Waals surface area contributed by atoms with Gasteiger partial charge in [-0.3, -0.25) is 9.97 Å². The molecule has 0 aliphatic heterocycles. The van der Waals surface area contributed by atoms with Crippen molar-refractivity contribution in [2.75, 3.05) is 0 Å². The molecular formula is C11H17N3. The lowest BCUT2D eigenvalue weighted by atomic mass is 10.1. The molecule has 1 N–H and O–H groups in total. The van der Waals surface area contributed by atoms with Gasteiger partial charge in [-0.1, -0.05) is 12.8 Å². The monoisotopic (exact) mass is 191 g/mol. The molecule has 1 aromatic heterocycles. The van der Waals surface area contributed by atoms with Crippen LogP contribution in [-0.4, -0.2) is 16.0 Å². The van der Waals surface area contributed by atoms with Crippen molar-refractivity contribution in [1.82, 2.24) is 15.3 Å². The summed E-state index contributed by atoms with van der Waals surface area (Å²) in [6.07, 6.45) is 9.42. The summed E-state index contributed by atoms with van der Waals surface area (Å²) in [5.74, 6) is 0.986. The number of hydrogen-bond acceptors (Lipinski definition) is 3. The van der Waals surface area contributed by atoms with Crippen molar-refractivity contribution in [2.24, 2.45) is 5.92 Å². The zero-order valence-corrected chi connectivity index (χ0v) is 8.61. The molecular weight excluding hydrogens is 174 g/mol. The van der Waals surface area contributed by atoms with E-state index in [1.54, 1.807) is 12.4 Å². The van der Waals surface area contributed by atoms with E-state index in [1.807, 2.05) is 6.20 Å². The molecule has 0 aromatic carbocycles. The first-order valence-electron chi connectivity index (χ1n) is 5.33. The van der Waals surface area contributed by atoms with Crippen molar-refractivity contribution >= 4 is 0 Å². The van der Waals surface area contributed by atoms with Gasteiger partial charge in [-0.15, -0.1) is 0 Å². The molecule has 1 aliphatic carbocycles. The molecule has 3 heteroatoms. The largest absolute Gasteiger partial charge is 0.309 e. The van der Waals surface area contributed by atoms with Gasteiger partial charge in [-0.05, 0) is 19.3 Å². The van der Waals surface area contributed by atoms with Gasteiger partial charge in [0.25, 0.3) is 0 Å². The molecule has 0 spiro atoms. The summed E-state index contributed by atoms with van der Waals surface area (Å²) in [5, 5.41) is 3.47. The smallest absolute Gasteiger partial charge is 0.0724 e. The molecule has 1 unspecified atom stereocenters. The van der Waals surface area contributed by atoms with Gasteiger partial charge in [0.2, 0.25) is 0 Å². The molecule has 76 valence electrons. The fourth-order valence-corrected chi connectivity index (χ4v) is 1.64. The minimum absolute atomic E-state index is 0.601. The van der Waals surface area contributed by atoms with Crippen molar-refractivity contribution in [2.45, 2.75) is 38.8 Å². The Hall–Kier alpha value is -0.960. The summed E-state index contributed by atoms with van der Waals surface area (Å²) in [5.41, 5.74) is 1.02. The van der Waals surface area contributed by atoms with Crippen LogP contribution in [0.3, 0.4) is 0 Å². The van der Waals surface area contributed by atoms with Crippen LogP contribution in [0.5, 0.6) is 0 Å². The van der Waals surface area contributed by atoms with Crippen molar-refractivity contribution in [3.8, 4) is 0 Å². The van der Waals surface area contributed by atoms with Crippen LogP contribution in [0.4, 0.5) is 0 Å². The number of rotatable bonds is 5. The van der Waals surface area contributed by atoms with Gasteiger partial charge in [-0.2, -0.15) is 0 Å². The Balaban J connectivity index is 1.70. The minimum Gasteiger partial charge on any atom is -0.309 e. The van der Waals surface area contributed by atoms with Gasteiger partial charge in [0.05, 0.1) is 5.69 Å². The summed E-state index contributed by atoms with van der Waals surface area (Å²) in [4.78, 5) is 8.25. The van der Waals surface area contributed by atoms with Gasteiger partial charge in [-0.25, -0.2) is 0 Å². The Bertz CT molecular complexity index is 269. The third-order valence-corrected chi connectivity index (χ3v) is 2.63. The van der Waals surface area contributed by atoms with Gasteiger partial charge < -0.3 is 5.32 Å². The van der Waals surface area contributed by atoms with Gasteiger partial charge >= 0.3 is 0 Å². The summed E-state index contributed by atoms with van der Waals surface area (Å²) in [6, 6.07) is 0.601. The zero-order chi connectivity index (χ0) is 9.80. The van der Waals surface area contributed by atoms with Crippen molar-refractivity contribution in [3.63, 3.8) is 0 Å². The van der Waals surface area contributed by atoms with Gasteiger partial charge in [0.15, 0.2) is 0 Å². The van der Waals surface area contributed by atoms with Crippen molar-refractivity contribution in [3.05, 3.63) is 24.3 Å². The first kappa shape index (κ1) is 9.59. The van der Waals surface area contributed by atoms with Crippen LogP contribution in [0.15, 0.2) is 18.6 Å². The van der Waals surface area contributed by atoms with E-state index >= 15 is 0 Å². The highest BCUT2D eigenvalue weighted by Gasteiger charge is 2.23. The third-order valence-electron chi connectivity index (χ3n) is 2.63. The van der Waals surface area contributed by atoms with E-state index in [2.05, 4.69) is 22.2 Å². The van der Waals surface area contributed by atoms with Gasteiger partial charge in [0.1, 0.15) is 0 Å². The lowest BCUT2D eigenvalue weighted by Gasteiger charge is -2.12. The third kappa shape index (κ3) is 3.07. The Morgan fingerprint density at radius 1 is 1.50 bits per heavy atom. The Labute approximate surface area is 85.0 Å². The molecule has 1 atom stereocenters. The van der Waals surface area contributed by atoms with E-state index in [0.717, 1.165) is 18.2 Å². The number of nitrogens with one attached hydrogen (secondary N) is 1. The number of hydrogen-bond donors (Lipinski definition) is 1. The standard InChI is InChI=1S/C11H17N3/c1-9(6-10-2-3-10)14-8-11-7-12-4-5-13-11/h4-5,7,9-10,14H,2-3,6,8H2,1H3. The van der Waals surface area contributed by atoms with E-state index in [-0.39, 0.29) is 0 Å². The molecule has 1 aliphatic rings. The predicted octanol–water partition coefficient (Wildman–Crippen LogP) is 1.75. The van der Waals surface area contributed by atoms with Crippen molar-refractivity contribution in [1.29, 1.82) is 0 Å². The maximum Gasteiger partial charge on any atom is 0.0724 e. The molecule has 14 heavy (non-hydrogen) atoms. The zero-order valence-electron chi connectivity index (χ0n) is 8.61. The summed E-state index contributed by atoms with van der Waals surface area (Å²) in [7, 11) is 0. The molecule has 1 saturated carbocycles. The lowest BCUT2D eigenvalue weighted by molar-refractivity contribution is 0.483. The van der Waals surface area contributed by atoms with E-state index in [1.165, 1.54) is 19.3 Å². The minimum atomic E-state index is 0.601. The van der Waals surface area contributed by atoms with Crippen LogP contribution in [0.25, 0.3) is 0 Å². The topological polar surface area (TPSA) is 37.8 Å². The van der Waals surface area contributed by atoms with E-state index in [4.69, 9.17) is 0 Å². The summed E-state index contributed by atoms with van der Waals surface area (Å²) >= 11 is 0. The van der Waals surface area contributed by atoms with Crippen LogP contribution in [0, 0.1) is 5.92 Å². The van der Waals surface area contributed by atoms with E-state index in [0.29, 0.717) is 6.04 Å². The number of aromatic nitrogens is 2. The fraction of sp³-hybridized carbons (Fsp3) is 0.636. The molecule has 1 heterocycles. The highest BCUT2D eigenvalue weighted by Crippen LogP contribution is 2.33. The van der Waals surface area contributed by atoms with Crippen LogP contribution in [0.1, 0.15) is 31.9 Å². The van der Waals surface area contributed by atoms with Crippen molar-refractivity contribution < 1.29 is 0 Å². The lowest BCUT2D eigenvalue weighted by Crippen LogP contribution is -2.26. The van der Waals surface area contributed by atoms with Crippen LogP contribution >= 0.6 is 0 Å².